The lowest BCUT2D eigenvalue weighted by Crippen LogP contribution is -2.34. The van der Waals surface area contributed by atoms with Crippen molar-refractivity contribution in [2.45, 2.75) is 59.6 Å². The van der Waals surface area contributed by atoms with E-state index in [0.717, 1.165) is 21.6 Å². The molecule has 0 aliphatic heterocycles. The second-order valence-corrected chi connectivity index (χ2v) is 6.69. The summed E-state index contributed by atoms with van der Waals surface area (Å²) in [4.78, 5) is 16.4. The maximum atomic E-state index is 11.9. The number of hydrogen-bond donors (Lipinski definition) is 1. The highest BCUT2D eigenvalue weighted by atomic mass is 32.1. The number of rotatable bonds is 3. The lowest BCUT2D eigenvalue weighted by atomic mass is 10.2. The highest BCUT2D eigenvalue weighted by Crippen LogP contribution is 2.28. The number of ether oxygens (including phenoxy) is 1. The summed E-state index contributed by atoms with van der Waals surface area (Å²) in [6.45, 7) is 11.6. The molecule has 22 heavy (non-hydrogen) atoms. The van der Waals surface area contributed by atoms with Crippen LogP contribution in [-0.4, -0.2) is 16.7 Å². The lowest BCUT2D eigenvalue weighted by Gasteiger charge is -2.22. The molecule has 1 unspecified atom stereocenters. The van der Waals surface area contributed by atoms with Gasteiger partial charge >= 0.3 is 6.09 Å². The van der Waals surface area contributed by atoms with Gasteiger partial charge < -0.3 is 10.1 Å². The summed E-state index contributed by atoms with van der Waals surface area (Å²) >= 11 is 1.61. The molecule has 2 rings (SSSR count). The summed E-state index contributed by atoms with van der Waals surface area (Å²) in [6, 6.07) is 7.87. The van der Waals surface area contributed by atoms with Crippen molar-refractivity contribution in [3.05, 3.63) is 29.3 Å². The summed E-state index contributed by atoms with van der Waals surface area (Å²) in [7, 11) is 0. The Balaban J connectivity index is 0.00000116. The number of nitrogens with one attached hydrogen (secondary N) is 1. The largest absolute Gasteiger partial charge is 0.444 e. The number of fused-ring (bicyclic) bond motifs is 1. The summed E-state index contributed by atoms with van der Waals surface area (Å²) in [5.41, 5.74) is 0.479. The van der Waals surface area contributed by atoms with Crippen molar-refractivity contribution >= 4 is 27.6 Å². The predicted molar refractivity (Wildman–Crippen MR) is 93.4 cm³/mol. The number of thiazole rings is 1. The smallest absolute Gasteiger partial charge is 0.408 e. The Kier molecular flexibility index (Phi) is 6.81. The van der Waals surface area contributed by atoms with Crippen LogP contribution in [0.25, 0.3) is 10.2 Å². The Hall–Kier alpha value is -1.62. The molecule has 0 aliphatic carbocycles. The predicted octanol–water partition coefficient (Wildman–Crippen LogP) is 5.30. The van der Waals surface area contributed by atoms with Crippen LogP contribution >= 0.6 is 11.3 Å². The van der Waals surface area contributed by atoms with Crippen LogP contribution in [-0.2, 0) is 4.74 Å². The van der Waals surface area contributed by atoms with Gasteiger partial charge in [0.15, 0.2) is 0 Å². The molecule has 1 heterocycles. The van der Waals surface area contributed by atoms with Gasteiger partial charge in [0, 0.05) is 0 Å². The molecule has 1 atom stereocenters. The van der Waals surface area contributed by atoms with Gasteiger partial charge in [0.05, 0.1) is 16.3 Å². The van der Waals surface area contributed by atoms with E-state index in [9.17, 15) is 4.79 Å². The number of aromatic nitrogens is 1. The minimum atomic E-state index is -0.490. The van der Waals surface area contributed by atoms with Crippen LogP contribution < -0.4 is 5.32 Å². The van der Waals surface area contributed by atoms with Crippen molar-refractivity contribution in [1.82, 2.24) is 10.3 Å². The lowest BCUT2D eigenvalue weighted by molar-refractivity contribution is 0.0502. The second kappa shape index (κ2) is 8.13. The average molecular weight is 322 g/mol. The van der Waals surface area contributed by atoms with Gasteiger partial charge in [-0.3, -0.25) is 0 Å². The van der Waals surface area contributed by atoms with Gasteiger partial charge in [-0.15, -0.1) is 11.3 Å². The van der Waals surface area contributed by atoms with Crippen molar-refractivity contribution in [1.29, 1.82) is 0 Å². The second-order valence-electron chi connectivity index (χ2n) is 5.63. The van der Waals surface area contributed by atoms with Crippen LogP contribution in [0.2, 0.25) is 0 Å². The normalized spacial score (nSPS) is 12.3. The number of carbonyl (C=O) groups is 1. The van der Waals surface area contributed by atoms with E-state index in [1.807, 2.05) is 65.8 Å². The number of nitrogens with zero attached hydrogens (tertiary/aromatic N) is 1. The van der Waals surface area contributed by atoms with Crippen LogP contribution in [0.3, 0.4) is 0 Å². The van der Waals surface area contributed by atoms with Gasteiger partial charge in [0.1, 0.15) is 10.6 Å². The zero-order chi connectivity index (χ0) is 16.8. The molecule has 1 amide bonds. The van der Waals surface area contributed by atoms with E-state index in [-0.39, 0.29) is 6.04 Å². The van der Waals surface area contributed by atoms with Crippen molar-refractivity contribution in [3.8, 4) is 0 Å². The highest BCUT2D eigenvalue weighted by molar-refractivity contribution is 7.18. The summed E-state index contributed by atoms with van der Waals surface area (Å²) in [6.07, 6.45) is 0.377. The molecular weight excluding hydrogens is 296 g/mol. The molecule has 0 radical (unpaired) electrons. The molecule has 122 valence electrons. The molecule has 1 aromatic carbocycles. The average Bonchev–Trinajstić information content (AvgIpc) is 2.88. The maximum Gasteiger partial charge on any atom is 0.408 e. The first-order valence-corrected chi connectivity index (χ1v) is 8.55. The topological polar surface area (TPSA) is 51.2 Å². The third kappa shape index (κ3) is 5.30. The zero-order valence-corrected chi connectivity index (χ0v) is 15.1. The highest BCUT2D eigenvalue weighted by Gasteiger charge is 2.21. The first-order chi connectivity index (χ1) is 10.4. The van der Waals surface area contributed by atoms with Crippen molar-refractivity contribution < 1.29 is 9.53 Å². The SMILES string of the molecule is CC.CCC(NC(=O)OC(C)(C)C)c1nc2ccccc2s1. The van der Waals surface area contributed by atoms with Crippen molar-refractivity contribution in [3.63, 3.8) is 0 Å². The molecule has 0 fully saturated rings. The molecule has 5 heteroatoms. The van der Waals surface area contributed by atoms with Crippen LogP contribution in [0.15, 0.2) is 24.3 Å². The summed E-state index contributed by atoms with van der Waals surface area (Å²) < 4.78 is 6.42. The van der Waals surface area contributed by atoms with Gasteiger partial charge in [-0.25, -0.2) is 9.78 Å². The molecular formula is C17H26N2O2S. The number of hydrogen-bond acceptors (Lipinski definition) is 4. The van der Waals surface area contributed by atoms with Crippen LogP contribution in [0.5, 0.6) is 0 Å². The first-order valence-electron chi connectivity index (χ1n) is 7.74. The molecule has 1 aromatic heterocycles. The minimum absolute atomic E-state index is 0.109. The van der Waals surface area contributed by atoms with E-state index in [1.165, 1.54) is 0 Å². The molecule has 1 N–H and O–H groups in total. The molecule has 0 saturated carbocycles. The van der Waals surface area contributed by atoms with Gasteiger partial charge in [0.25, 0.3) is 0 Å². The number of carbonyl (C=O) groups excluding carboxylic acids is 1. The molecule has 0 bridgehead atoms. The van der Waals surface area contributed by atoms with E-state index in [0.29, 0.717) is 0 Å². The van der Waals surface area contributed by atoms with E-state index in [2.05, 4.69) is 10.3 Å². The minimum Gasteiger partial charge on any atom is -0.444 e. The monoisotopic (exact) mass is 322 g/mol. The fourth-order valence-electron chi connectivity index (χ4n) is 1.83. The van der Waals surface area contributed by atoms with Gasteiger partial charge in [-0.2, -0.15) is 0 Å². The Bertz CT molecular complexity index is 569. The van der Waals surface area contributed by atoms with Crippen LogP contribution in [0.1, 0.15) is 59.0 Å². The Morgan fingerprint density at radius 3 is 2.50 bits per heavy atom. The first kappa shape index (κ1) is 18.4. The van der Waals surface area contributed by atoms with E-state index < -0.39 is 11.7 Å². The number of amides is 1. The zero-order valence-electron chi connectivity index (χ0n) is 14.3. The molecule has 0 aliphatic rings. The standard InChI is InChI=1S/C15H20N2O2S.C2H6/c1-5-10(17-14(18)19-15(2,3)4)13-16-11-8-6-7-9-12(11)20-13;1-2/h6-10H,5H2,1-4H3,(H,17,18);1-2H3. The fraction of sp³-hybridized carbons (Fsp3) is 0.529. The van der Waals surface area contributed by atoms with Crippen molar-refractivity contribution in [2.75, 3.05) is 0 Å². The molecule has 0 saturated heterocycles. The Morgan fingerprint density at radius 1 is 1.32 bits per heavy atom. The summed E-state index contributed by atoms with van der Waals surface area (Å²) in [5.74, 6) is 0. The van der Waals surface area contributed by atoms with Gasteiger partial charge in [0.2, 0.25) is 0 Å². The fourth-order valence-corrected chi connectivity index (χ4v) is 2.93. The van der Waals surface area contributed by atoms with Crippen LogP contribution in [0.4, 0.5) is 4.79 Å². The quantitative estimate of drug-likeness (QED) is 0.834. The van der Waals surface area contributed by atoms with Gasteiger partial charge in [-0.05, 0) is 39.3 Å². The van der Waals surface area contributed by atoms with E-state index in [4.69, 9.17) is 4.74 Å². The number of benzene rings is 1. The molecule has 4 nitrogen and oxygen atoms in total. The third-order valence-electron chi connectivity index (χ3n) is 2.71. The Morgan fingerprint density at radius 2 is 1.95 bits per heavy atom. The molecule has 2 aromatic rings. The maximum absolute atomic E-state index is 11.9. The third-order valence-corrected chi connectivity index (χ3v) is 3.86. The van der Waals surface area contributed by atoms with Crippen molar-refractivity contribution in [2.24, 2.45) is 0 Å². The Labute approximate surface area is 136 Å². The van der Waals surface area contributed by atoms with E-state index >= 15 is 0 Å². The number of alkyl carbamates (subject to hydrolysis) is 1. The van der Waals surface area contributed by atoms with E-state index in [1.54, 1.807) is 11.3 Å². The van der Waals surface area contributed by atoms with Crippen LogP contribution in [0, 0.1) is 0 Å². The summed E-state index contributed by atoms with van der Waals surface area (Å²) in [5, 5.41) is 3.80. The molecule has 0 spiro atoms. The number of para-hydroxylation sites is 1. The van der Waals surface area contributed by atoms with Gasteiger partial charge in [-0.1, -0.05) is 32.9 Å².